The second-order valence-electron chi connectivity index (χ2n) is 3.53. The molecule has 0 unspecified atom stereocenters. The van der Waals surface area contributed by atoms with E-state index in [0.29, 0.717) is 10.2 Å². The minimum absolute atomic E-state index is 0.0844. The predicted molar refractivity (Wildman–Crippen MR) is 70.7 cm³/mol. The number of carbonyl (C=O) groups is 1. The SMILES string of the molecule is Nc1ccc(C(=O)Nc2c(F)cccc2Br)nc1. The molecule has 6 heteroatoms. The molecular formula is C12H9BrFN3O. The lowest BCUT2D eigenvalue weighted by molar-refractivity contribution is 0.102. The van der Waals surface area contributed by atoms with E-state index < -0.39 is 11.7 Å². The lowest BCUT2D eigenvalue weighted by atomic mass is 10.2. The van der Waals surface area contributed by atoms with Crippen LogP contribution in [0.5, 0.6) is 0 Å². The summed E-state index contributed by atoms with van der Waals surface area (Å²) < 4.78 is 14.0. The van der Waals surface area contributed by atoms with Crippen LogP contribution in [0.1, 0.15) is 10.5 Å². The topological polar surface area (TPSA) is 68.0 Å². The van der Waals surface area contributed by atoms with Crippen LogP contribution in [0.25, 0.3) is 0 Å². The van der Waals surface area contributed by atoms with Gasteiger partial charge in [0, 0.05) is 4.47 Å². The Bertz CT molecular complexity index is 566. The third-order valence-electron chi connectivity index (χ3n) is 2.22. The number of nitrogen functional groups attached to an aromatic ring is 1. The summed E-state index contributed by atoms with van der Waals surface area (Å²) >= 11 is 3.16. The predicted octanol–water partition coefficient (Wildman–Crippen LogP) is 2.82. The molecular weight excluding hydrogens is 301 g/mol. The Morgan fingerprint density at radius 3 is 2.72 bits per heavy atom. The summed E-state index contributed by atoms with van der Waals surface area (Å²) in [5.41, 5.74) is 6.17. The Labute approximate surface area is 111 Å². The van der Waals surface area contributed by atoms with Crippen molar-refractivity contribution in [1.82, 2.24) is 4.98 Å². The lowest BCUT2D eigenvalue weighted by Gasteiger charge is -2.07. The molecule has 0 aliphatic carbocycles. The maximum absolute atomic E-state index is 13.5. The number of halogens is 2. The van der Waals surface area contributed by atoms with Crippen LogP contribution < -0.4 is 11.1 Å². The first-order chi connectivity index (χ1) is 8.58. The Morgan fingerprint density at radius 1 is 1.33 bits per heavy atom. The van der Waals surface area contributed by atoms with Gasteiger partial charge in [-0.15, -0.1) is 0 Å². The van der Waals surface area contributed by atoms with Crippen LogP contribution in [0.3, 0.4) is 0 Å². The van der Waals surface area contributed by atoms with Crippen molar-refractivity contribution in [2.45, 2.75) is 0 Å². The number of amides is 1. The van der Waals surface area contributed by atoms with Crippen molar-refractivity contribution in [2.75, 3.05) is 11.1 Å². The molecule has 92 valence electrons. The van der Waals surface area contributed by atoms with Gasteiger partial charge in [-0.1, -0.05) is 6.07 Å². The standard InChI is InChI=1S/C12H9BrFN3O/c13-8-2-1-3-9(14)11(8)17-12(18)10-5-4-7(15)6-16-10/h1-6H,15H2,(H,17,18). The third-order valence-corrected chi connectivity index (χ3v) is 2.88. The molecule has 0 saturated carbocycles. The van der Waals surface area contributed by atoms with E-state index in [-0.39, 0.29) is 11.4 Å². The molecule has 2 rings (SSSR count). The van der Waals surface area contributed by atoms with Crippen LogP contribution in [-0.4, -0.2) is 10.9 Å². The fourth-order valence-corrected chi connectivity index (χ4v) is 1.78. The van der Waals surface area contributed by atoms with E-state index in [1.807, 2.05) is 0 Å². The average Bonchev–Trinajstić information content (AvgIpc) is 2.34. The molecule has 1 heterocycles. The number of nitrogens with one attached hydrogen (secondary N) is 1. The molecule has 3 N–H and O–H groups in total. The summed E-state index contributed by atoms with van der Waals surface area (Å²) in [6.07, 6.45) is 1.37. The number of carbonyl (C=O) groups excluding carboxylic acids is 1. The number of nitrogens with two attached hydrogens (primary N) is 1. The van der Waals surface area contributed by atoms with Gasteiger partial charge in [-0.3, -0.25) is 4.79 Å². The minimum atomic E-state index is -0.520. The number of aromatic nitrogens is 1. The lowest BCUT2D eigenvalue weighted by Crippen LogP contribution is -2.15. The average molecular weight is 310 g/mol. The zero-order valence-corrected chi connectivity index (χ0v) is 10.7. The fraction of sp³-hybridized carbons (Fsp3) is 0. The highest BCUT2D eigenvalue weighted by Gasteiger charge is 2.12. The van der Waals surface area contributed by atoms with E-state index in [0.717, 1.165) is 0 Å². The van der Waals surface area contributed by atoms with Crippen LogP contribution in [0.15, 0.2) is 41.0 Å². The van der Waals surface area contributed by atoms with Crippen LogP contribution >= 0.6 is 15.9 Å². The Balaban J connectivity index is 2.24. The number of nitrogens with zero attached hydrogens (tertiary/aromatic N) is 1. The van der Waals surface area contributed by atoms with Gasteiger partial charge in [0.25, 0.3) is 5.91 Å². The van der Waals surface area contributed by atoms with Gasteiger partial charge in [-0.2, -0.15) is 0 Å². The minimum Gasteiger partial charge on any atom is -0.397 e. The van der Waals surface area contributed by atoms with Gasteiger partial charge in [-0.25, -0.2) is 9.37 Å². The number of benzene rings is 1. The Morgan fingerprint density at radius 2 is 2.11 bits per heavy atom. The van der Waals surface area contributed by atoms with Crippen molar-refractivity contribution >= 4 is 33.2 Å². The van der Waals surface area contributed by atoms with Crippen LogP contribution in [0.4, 0.5) is 15.8 Å². The van der Waals surface area contributed by atoms with E-state index in [2.05, 4.69) is 26.2 Å². The van der Waals surface area contributed by atoms with Crippen molar-refractivity contribution in [1.29, 1.82) is 0 Å². The van der Waals surface area contributed by atoms with Crippen molar-refractivity contribution in [3.63, 3.8) is 0 Å². The third kappa shape index (κ3) is 2.65. The second-order valence-corrected chi connectivity index (χ2v) is 4.38. The molecule has 1 aromatic heterocycles. The molecule has 1 aromatic carbocycles. The van der Waals surface area contributed by atoms with E-state index >= 15 is 0 Å². The largest absolute Gasteiger partial charge is 0.397 e. The number of para-hydroxylation sites is 1. The number of hydrogen-bond acceptors (Lipinski definition) is 3. The molecule has 0 aliphatic heterocycles. The second kappa shape index (κ2) is 5.14. The Hall–Kier alpha value is -1.95. The van der Waals surface area contributed by atoms with Crippen molar-refractivity contribution in [3.05, 3.63) is 52.5 Å². The monoisotopic (exact) mass is 309 g/mol. The zero-order chi connectivity index (χ0) is 13.1. The highest BCUT2D eigenvalue weighted by Crippen LogP contribution is 2.25. The zero-order valence-electron chi connectivity index (χ0n) is 9.15. The summed E-state index contributed by atoms with van der Waals surface area (Å²) in [5, 5.41) is 2.45. The molecule has 0 saturated heterocycles. The van der Waals surface area contributed by atoms with Gasteiger partial charge < -0.3 is 11.1 Å². The van der Waals surface area contributed by atoms with E-state index in [1.165, 1.54) is 24.4 Å². The van der Waals surface area contributed by atoms with Gasteiger partial charge in [-0.05, 0) is 40.2 Å². The molecule has 4 nitrogen and oxygen atoms in total. The van der Waals surface area contributed by atoms with Gasteiger partial charge in [0.15, 0.2) is 0 Å². The number of pyridine rings is 1. The first-order valence-electron chi connectivity index (χ1n) is 5.05. The van der Waals surface area contributed by atoms with Crippen molar-refractivity contribution in [2.24, 2.45) is 0 Å². The van der Waals surface area contributed by atoms with Crippen molar-refractivity contribution in [3.8, 4) is 0 Å². The molecule has 18 heavy (non-hydrogen) atoms. The maximum atomic E-state index is 13.5. The number of anilines is 2. The molecule has 1 amide bonds. The van der Waals surface area contributed by atoms with Gasteiger partial charge in [0.1, 0.15) is 11.5 Å². The molecule has 2 aromatic rings. The van der Waals surface area contributed by atoms with E-state index in [1.54, 1.807) is 12.1 Å². The van der Waals surface area contributed by atoms with Gasteiger partial charge in [0.2, 0.25) is 0 Å². The number of hydrogen-bond donors (Lipinski definition) is 2. The quantitative estimate of drug-likeness (QED) is 0.896. The molecule has 0 radical (unpaired) electrons. The molecule has 0 bridgehead atoms. The summed E-state index contributed by atoms with van der Waals surface area (Å²) in [4.78, 5) is 15.7. The summed E-state index contributed by atoms with van der Waals surface area (Å²) in [6, 6.07) is 7.46. The summed E-state index contributed by atoms with van der Waals surface area (Å²) in [5.74, 6) is -1.02. The van der Waals surface area contributed by atoms with Crippen LogP contribution in [0, 0.1) is 5.82 Å². The van der Waals surface area contributed by atoms with Gasteiger partial charge >= 0.3 is 0 Å². The molecule has 0 fully saturated rings. The van der Waals surface area contributed by atoms with Crippen LogP contribution in [-0.2, 0) is 0 Å². The van der Waals surface area contributed by atoms with Crippen molar-refractivity contribution < 1.29 is 9.18 Å². The molecule has 0 spiro atoms. The van der Waals surface area contributed by atoms with Gasteiger partial charge in [0.05, 0.1) is 17.6 Å². The normalized spacial score (nSPS) is 10.1. The summed E-state index contributed by atoms with van der Waals surface area (Å²) in [6.45, 7) is 0. The maximum Gasteiger partial charge on any atom is 0.274 e. The van der Waals surface area contributed by atoms with Crippen LogP contribution in [0.2, 0.25) is 0 Å². The smallest absolute Gasteiger partial charge is 0.274 e. The highest BCUT2D eigenvalue weighted by molar-refractivity contribution is 9.10. The Kier molecular flexibility index (Phi) is 3.57. The van der Waals surface area contributed by atoms with E-state index in [4.69, 9.17) is 5.73 Å². The summed E-state index contributed by atoms with van der Waals surface area (Å²) in [7, 11) is 0. The highest BCUT2D eigenvalue weighted by atomic mass is 79.9. The first-order valence-corrected chi connectivity index (χ1v) is 5.84. The fourth-order valence-electron chi connectivity index (χ4n) is 1.33. The molecule has 0 aliphatic rings. The first kappa shape index (κ1) is 12.5. The molecule has 0 atom stereocenters. The number of rotatable bonds is 2. The van der Waals surface area contributed by atoms with E-state index in [9.17, 15) is 9.18 Å².